The van der Waals surface area contributed by atoms with E-state index in [-0.39, 0.29) is 30.3 Å². The van der Waals surface area contributed by atoms with E-state index in [2.05, 4.69) is 5.32 Å². The highest BCUT2D eigenvalue weighted by molar-refractivity contribution is 5.85. The number of hydrogen-bond acceptors (Lipinski definition) is 3. The number of rotatable bonds is 5. The Hall–Kier alpha value is -1.10. The van der Waals surface area contributed by atoms with Gasteiger partial charge in [0.2, 0.25) is 5.91 Å². The highest BCUT2D eigenvalue weighted by atomic mass is 35.5. The van der Waals surface area contributed by atoms with Gasteiger partial charge in [0.1, 0.15) is 0 Å². The lowest BCUT2D eigenvalue weighted by Crippen LogP contribution is -2.49. The molecule has 3 unspecified atom stereocenters. The van der Waals surface area contributed by atoms with Crippen molar-refractivity contribution in [3.63, 3.8) is 0 Å². The molecule has 0 spiro atoms. The third-order valence-electron chi connectivity index (χ3n) is 5.70. The summed E-state index contributed by atoms with van der Waals surface area (Å²) in [5, 5.41) is 3.10. The fourth-order valence-electron chi connectivity index (χ4n) is 4.35. The summed E-state index contributed by atoms with van der Waals surface area (Å²) in [5.41, 5.74) is 7.41. The molecule has 1 amide bonds. The second-order valence-corrected chi connectivity index (χ2v) is 7.08. The molecule has 134 valence electrons. The number of fused-ring (bicyclic) bond motifs is 2. The summed E-state index contributed by atoms with van der Waals surface area (Å²) < 4.78 is 5.53. The lowest BCUT2D eigenvalue weighted by molar-refractivity contribution is -0.128. The first-order valence-electron chi connectivity index (χ1n) is 8.80. The molecule has 0 aliphatic heterocycles. The Morgan fingerprint density at radius 2 is 1.88 bits per heavy atom. The van der Waals surface area contributed by atoms with Crippen LogP contribution in [0.3, 0.4) is 0 Å². The fraction of sp³-hybridized carbons (Fsp3) is 0.632. The molecule has 3 atom stereocenters. The van der Waals surface area contributed by atoms with Crippen LogP contribution in [0.1, 0.15) is 43.8 Å². The Labute approximate surface area is 150 Å². The minimum Gasteiger partial charge on any atom is -0.375 e. The van der Waals surface area contributed by atoms with Gasteiger partial charge in [0.05, 0.1) is 6.10 Å². The van der Waals surface area contributed by atoms with E-state index in [4.69, 9.17) is 10.5 Å². The highest BCUT2D eigenvalue weighted by Gasteiger charge is 2.40. The SMILES string of the molecule is COC(CNC(=O)C1CC2CCCC(C1)C2N)c1ccccc1.Cl. The minimum atomic E-state index is -0.0921. The van der Waals surface area contributed by atoms with Crippen molar-refractivity contribution in [2.24, 2.45) is 23.5 Å². The summed E-state index contributed by atoms with van der Waals surface area (Å²) in [7, 11) is 1.69. The normalized spacial score (nSPS) is 30.1. The maximum absolute atomic E-state index is 12.6. The van der Waals surface area contributed by atoms with Gasteiger partial charge in [-0.2, -0.15) is 0 Å². The lowest BCUT2D eigenvalue weighted by Gasteiger charge is -2.43. The summed E-state index contributed by atoms with van der Waals surface area (Å²) in [6.07, 6.45) is 5.46. The molecule has 3 N–H and O–H groups in total. The minimum absolute atomic E-state index is 0. The van der Waals surface area contributed by atoms with Crippen molar-refractivity contribution < 1.29 is 9.53 Å². The summed E-state index contributed by atoms with van der Waals surface area (Å²) in [4.78, 5) is 12.6. The summed E-state index contributed by atoms with van der Waals surface area (Å²) in [5.74, 6) is 1.36. The van der Waals surface area contributed by atoms with Crippen molar-refractivity contribution in [1.82, 2.24) is 5.32 Å². The van der Waals surface area contributed by atoms with E-state index in [1.165, 1.54) is 19.3 Å². The summed E-state index contributed by atoms with van der Waals surface area (Å²) in [6, 6.07) is 10.3. The number of benzene rings is 1. The van der Waals surface area contributed by atoms with Crippen LogP contribution in [0.5, 0.6) is 0 Å². The maximum Gasteiger partial charge on any atom is 0.223 e. The predicted molar refractivity (Wildman–Crippen MR) is 98.0 cm³/mol. The number of amides is 1. The second kappa shape index (κ2) is 8.84. The van der Waals surface area contributed by atoms with Crippen LogP contribution in [0.25, 0.3) is 0 Å². The van der Waals surface area contributed by atoms with E-state index in [0.29, 0.717) is 24.4 Å². The van der Waals surface area contributed by atoms with Crippen LogP contribution in [0.4, 0.5) is 0 Å². The van der Waals surface area contributed by atoms with Crippen molar-refractivity contribution in [2.45, 2.75) is 44.2 Å². The van der Waals surface area contributed by atoms with Gasteiger partial charge in [0, 0.05) is 25.6 Å². The molecule has 5 heteroatoms. The van der Waals surface area contributed by atoms with Crippen molar-refractivity contribution in [3.8, 4) is 0 Å². The standard InChI is InChI=1S/C19H28N2O2.ClH/c1-23-17(13-6-3-2-4-7-13)12-21-19(22)16-10-14-8-5-9-15(11-16)18(14)20;/h2-4,6-7,14-18H,5,8-12,20H2,1H3,(H,21,22);1H. The molecule has 2 aliphatic carbocycles. The van der Waals surface area contributed by atoms with Crippen molar-refractivity contribution >= 4 is 18.3 Å². The number of hydrogen-bond donors (Lipinski definition) is 2. The zero-order valence-electron chi connectivity index (χ0n) is 14.3. The van der Waals surface area contributed by atoms with Gasteiger partial charge < -0.3 is 15.8 Å². The van der Waals surface area contributed by atoms with Crippen LogP contribution >= 0.6 is 12.4 Å². The van der Waals surface area contributed by atoms with Crippen LogP contribution in [0.2, 0.25) is 0 Å². The highest BCUT2D eigenvalue weighted by Crippen LogP contribution is 2.41. The number of carbonyl (C=O) groups excluding carboxylic acids is 1. The number of nitrogens with one attached hydrogen (secondary N) is 1. The topological polar surface area (TPSA) is 64.3 Å². The summed E-state index contributed by atoms with van der Waals surface area (Å²) in [6.45, 7) is 0.525. The quantitative estimate of drug-likeness (QED) is 0.856. The molecule has 2 bridgehead atoms. The largest absolute Gasteiger partial charge is 0.375 e. The molecule has 2 saturated carbocycles. The number of methoxy groups -OCH3 is 1. The van der Waals surface area contributed by atoms with Gasteiger partial charge in [-0.05, 0) is 43.1 Å². The first-order valence-corrected chi connectivity index (χ1v) is 8.80. The molecule has 2 fully saturated rings. The predicted octanol–water partition coefficient (Wildman–Crippen LogP) is 3.07. The van der Waals surface area contributed by atoms with E-state index in [1.807, 2.05) is 30.3 Å². The van der Waals surface area contributed by atoms with Crippen molar-refractivity contribution in [2.75, 3.05) is 13.7 Å². The molecule has 0 saturated heterocycles. The molecular weight excluding hydrogens is 324 g/mol. The van der Waals surface area contributed by atoms with E-state index in [1.54, 1.807) is 7.11 Å². The van der Waals surface area contributed by atoms with E-state index in [0.717, 1.165) is 18.4 Å². The van der Waals surface area contributed by atoms with Gasteiger partial charge in [-0.15, -0.1) is 12.4 Å². The maximum atomic E-state index is 12.6. The molecule has 24 heavy (non-hydrogen) atoms. The van der Waals surface area contributed by atoms with Gasteiger partial charge in [0.15, 0.2) is 0 Å². The Morgan fingerprint density at radius 3 is 2.46 bits per heavy atom. The third kappa shape index (κ3) is 4.29. The van der Waals surface area contributed by atoms with Crippen LogP contribution in [-0.4, -0.2) is 25.6 Å². The molecule has 0 aromatic heterocycles. The van der Waals surface area contributed by atoms with Crippen LogP contribution in [-0.2, 0) is 9.53 Å². The van der Waals surface area contributed by atoms with Gasteiger partial charge in [-0.25, -0.2) is 0 Å². The summed E-state index contributed by atoms with van der Waals surface area (Å²) >= 11 is 0. The molecular formula is C19H29ClN2O2. The second-order valence-electron chi connectivity index (χ2n) is 7.08. The number of carbonyl (C=O) groups is 1. The van der Waals surface area contributed by atoms with E-state index < -0.39 is 0 Å². The Bertz CT molecular complexity index is 511. The smallest absolute Gasteiger partial charge is 0.223 e. The Balaban J connectivity index is 0.00000208. The van der Waals surface area contributed by atoms with Crippen molar-refractivity contribution in [3.05, 3.63) is 35.9 Å². The van der Waals surface area contributed by atoms with Crippen LogP contribution in [0, 0.1) is 17.8 Å². The average molecular weight is 353 g/mol. The van der Waals surface area contributed by atoms with Crippen molar-refractivity contribution in [1.29, 1.82) is 0 Å². The van der Waals surface area contributed by atoms with Gasteiger partial charge >= 0.3 is 0 Å². The first kappa shape index (κ1) is 19.2. The Morgan fingerprint density at radius 1 is 1.25 bits per heavy atom. The van der Waals surface area contributed by atoms with Gasteiger partial charge in [0.25, 0.3) is 0 Å². The molecule has 3 rings (SSSR count). The number of halogens is 1. The monoisotopic (exact) mass is 352 g/mol. The lowest BCUT2D eigenvalue weighted by atomic mass is 9.65. The van der Waals surface area contributed by atoms with Crippen LogP contribution in [0.15, 0.2) is 30.3 Å². The van der Waals surface area contributed by atoms with Gasteiger partial charge in [-0.1, -0.05) is 36.8 Å². The zero-order chi connectivity index (χ0) is 16.2. The van der Waals surface area contributed by atoms with Crippen LogP contribution < -0.4 is 11.1 Å². The number of nitrogens with two attached hydrogens (primary N) is 1. The Kier molecular flexibility index (Phi) is 7.08. The molecule has 1 aromatic carbocycles. The number of ether oxygens (including phenoxy) is 1. The van der Waals surface area contributed by atoms with E-state index in [9.17, 15) is 4.79 Å². The molecule has 4 nitrogen and oxygen atoms in total. The molecule has 0 heterocycles. The molecule has 1 aromatic rings. The zero-order valence-corrected chi connectivity index (χ0v) is 15.1. The van der Waals surface area contributed by atoms with Gasteiger partial charge in [-0.3, -0.25) is 4.79 Å². The molecule has 0 radical (unpaired) electrons. The third-order valence-corrected chi connectivity index (χ3v) is 5.70. The average Bonchev–Trinajstić information content (AvgIpc) is 2.56. The molecule has 2 aliphatic rings. The first-order chi connectivity index (χ1) is 11.2. The van der Waals surface area contributed by atoms with E-state index >= 15 is 0 Å². The fourth-order valence-corrected chi connectivity index (χ4v) is 4.35.